The Kier molecular flexibility index (Phi) is 9.71. The van der Waals surface area contributed by atoms with Crippen LogP contribution in [0.3, 0.4) is 0 Å². The maximum atomic E-state index is 13.3. The van der Waals surface area contributed by atoms with Crippen LogP contribution in [0.15, 0.2) is 97.1 Å². The second kappa shape index (κ2) is 13.6. The minimum Gasteiger partial charge on any atom is -0.459 e. The van der Waals surface area contributed by atoms with Crippen LogP contribution in [-0.4, -0.2) is 40.8 Å². The molecule has 2 unspecified atom stereocenters. The highest BCUT2D eigenvalue weighted by molar-refractivity contribution is 5.88. The number of hydroxylamine groups is 2. The lowest BCUT2D eigenvalue weighted by molar-refractivity contribution is -0.187. The molecule has 4 rings (SSSR count). The number of ether oxygens (including phenoxy) is 1. The average molecular weight is 555 g/mol. The largest absolute Gasteiger partial charge is 0.459 e. The summed E-state index contributed by atoms with van der Waals surface area (Å²) in [5, 5.41) is 15.3. The van der Waals surface area contributed by atoms with Gasteiger partial charge in [-0.05, 0) is 51.9 Å². The number of fused-ring (bicyclic) bond motifs is 1. The summed E-state index contributed by atoms with van der Waals surface area (Å²) in [7, 11) is 0. The van der Waals surface area contributed by atoms with Crippen LogP contribution in [0.1, 0.15) is 37.9 Å². The molecule has 4 aromatic rings. The first kappa shape index (κ1) is 29.3. The normalized spacial score (nSPS) is 12.4. The molecule has 212 valence electrons. The number of benzene rings is 4. The molecule has 0 saturated carbocycles. The van der Waals surface area contributed by atoms with Crippen molar-refractivity contribution in [2.75, 3.05) is 6.54 Å². The molecule has 2 N–H and O–H groups in total. The van der Waals surface area contributed by atoms with Crippen LogP contribution in [0.25, 0.3) is 21.9 Å². The summed E-state index contributed by atoms with van der Waals surface area (Å²) < 4.78 is 5.57. The predicted octanol–water partition coefficient (Wildman–Crippen LogP) is 5.80. The van der Waals surface area contributed by atoms with Crippen LogP contribution in [0.5, 0.6) is 0 Å². The van der Waals surface area contributed by atoms with Gasteiger partial charge in [-0.1, -0.05) is 105 Å². The number of hydrogen-bond acceptors (Lipinski definition) is 6. The summed E-state index contributed by atoms with van der Waals surface area (Å²) in [6.45, 7) is 5.00. The summed E-state index contributed by atoms with van der Waals surface area (Å²) in [5.41, 5.74) is 3.24. The number of aliphatic hydroxyl groups is 1. The third kappa shape index (κ3) is 7.93. The number of nitrogens with zero attached hydrogens (tertiary/aromatic N) is 1. The molecule has 0 aliphatic heterocycles. The summed E-state index contributed by atoms with van der Waals surface area (Å²) in [6.07, 6.45) is -1.42. The molecule has 2 amide bonds. The summed E-state index contributed by atoms with van der Waals surface area (Å²) >= 11 is 0. The zero-order valence-corrected chi connectivity index (χ0v) is 23.3. The Morgan fingerprint density at radius 3 is 2.07 bits per heavy atom. The molecule has 4 aromatic carbocycles. The van der Waals surface area contributed by atoms with Crippen molar-refractivity contribution in [3.05, 3.63) is 108 Å². The van der Waals surface area contributed by atoms with Gasteiger partial charge in [0.15, 0.2) is 12.1 Å². The Bertz CT molecular complexity index is 1480. The lowest BCUT2D eigenvalue weighted by atomic mass is 9.98. The lowest BCUT2D eigenvalue weighted by Gasteiger charge is -2.26. The van der Waals surface area contributed by atoms with E-state index in [0.717, 1.165) is 32.5 Å². The number of aliphatic hydroxyl groups excluding tert-OH is 1. The fourth-order valence-corrected chi connectivity index (χ4v) is 4.20. The summed E-state index contributed by atoms with van der Waals surface area (Å²) in [6, 6.07) is 28.8. The number of carbonyl (C=O) groups is 3. The zero-order chi connectivity index (χ0) is 29.4. The monoisotopic (exact) mass is 554 g/mol. The zero-order valence-electron chi connectivity index (χ0n) is 23.3. The van der Waals surface area contributed by atoms with Gasteiger partial charge in [0.05, 0.1) is 6.54 Å². The van der Waals surface area contributed by atoms with E-state index in [9.17, 15) is 19.5 Å². The van der Waals surface area contributed by atoms with Gasteiger partial charge in [0.2, 0.25) is 0 Å². The number of urea groups is 1. The van der Waals surface area contributed by atoms with Crippen LogP contribution in [0.2, 0.25) is 0 Å². The Morgan fingerprint density at radius 2 is 1.41 bits per heavy atom. The smallest absolute Gasteiger partial charge is 0.360 e. The maximum absolute atomic E-state index is 13.3. The van der Waals surface area contributed by atoms with Gasteiger partial charge >= 0.3 is 18.0 Å². The molecule has 0 aliphatic carbocycles. The van der Waals surface area contributed by atoms with Gasteiger partial charge in [0, 0.05) is 0 Å². The van der Waals surface area contributed by atoms with Crippen LogP contribution in [0, 0.1) is 5.92 Å². The van der Waals surface area contributed by atoms with Crippen molar-refractivity contribution in [2.45, 2.75) is 39.5 Å². The van der Waals surface area contributed by atoms with Gasteiger partial charge in [-0.2, -0.15) is 5.06 Å². The van der Waals surface area contributed by atoms with Crippen molar-refractivity contribution in [3.63, 3.8) is 0 Å². The van der Waals surface area contributed by atoms with E-state index in [-0.39, 0.29) is 19.1 Å². The van der Waals surface area contributed by atoms with Crippen LogP contribution in [0.4, 0.5) is 4.79 Å². The Morgan fingerprint density at radius 1 is 0.780 bits per heavy atom. The van der Waals surface area contributed by atoms with E-state index in [1.54, 1.807) is 12.1 Å². The third-order valence-corrected chi connectivity index (χ3v) is 6.35. The van der Waals surface area contributed by atoms with Crippen LogP contribution < -0.4 is 5.32 Å². The molecular formula is C33H34N2O6. The molecule has 0 bridgehead atoms. The number of nitrogens with one attached hydrogen (secondary N) is 1. The first-order valence-electron chi connectivity index (χ1n) is 13.5. The topological polar surface area (TPSA) is 105 Å². The quantitative estimate of drug-likeness (QED) is 0.200. The minimum atomic E-state index is -1.42. The van der Waals surface area contributed by atoms with E-state index in [0.29, 0.717) is 5.56 Å². The Labute approximate surface area is 239 Å². The average Bonchev–Trinajstić information content (AvgIpc) is 2.98. The minimum absolute atomic E-state index is 0.0218. The molecule has 8 heteroatoms. The second-order valence-electron chi connectivity index (χ2n) is 10.2. The van der Waals surface area contributed by atoms with E-state index in [1.807, 2.05) is 74.5 Å². The van der Waals surface area contributed by atoms with Gasteiger partial charge in [-0.15, -0.1) is 0 Å². The van der Waals surface area contributed by atoms with Gasteiger partial charge < -0.3 is 20.0 Å². The van der Waals surface area contributed by atoms with Crippen LogP contribution >= 0.6 is 0 Å². The van der Waals surface area contributed by atoms with Gasteiger partial charge in [0.25, 0.3) is 0 Å². The first-order chi connectivity index (χ1) is 19.7. The fraction of sp³-hybridized carbons (Fsp3) is 0.242. The van der Waals surface area contributed by atoms with Gasteiger partial charge in [-0.3, -0.25) is 0 Å². The molecule has 0 fully saturated rings. The lowest BCUT2D eigenvalue weighted by Crippen LogP contribution is -2.47. The maximum Gasteiger partial charge on any atom is 0.360 e. The van der Waals surface area contributed by atoms with E-state index < -0.39 is 30.1 Å². The van der Waals surface area contributed by atoms with Crippen molar-refractivity contribution in [1.82, 2.24) is 10.4 Å². The number of hydrogen-bond donors (Lipinski definition) is 2. The van der Waals surface area contributed by atoms with E-state index in [1.165, 1.54) is 6.92 Å². The summed E-state index contributed by atoms with van der Waals surface area (Å²) in [4.78, 5) is 43.8. The Hall–Kier alpha value is -4.69. The van der Waals surface area contributed by atoms with Crippen molar-refractivity contribution in [1.29, 1.82) is 0 Å². The first-order valence-corrected chi connectivity index (χ1v) is 13.5. The molecular weight excluding hydrogens is 520 g/mol. The molecule has 2 atom stereocenters. The van der Waals surface area contributed by atoms with Gasteiger partial charge in [0.1, 0.15) is 6.61 Å². The SMILES string of the molecule is CC(C)CN(OC(=O)C(C)O)C(=O)NC(C(=O)OCc1ccccc1)c1ccc(-c2ccc3ccccc3c2)cc1. The van der Waals surface area contributed by atoms with Crippen molar-refractivity contribution >= 4 is 28.7 Å². The van der Waals surface area contributed by atoms with Crippen molar-refractivity contribution in [2.24, 2.45) is 5.92 Å². The van der Waals surface area contributed by atoms with Crippen LogP contribution in [-0.2, 0) is 25.8 Å². The molecule has 0 saturated heterocycles. The molecule has 8 nitrogen and oxygen atoms in total. The van der Waals surface area contributed by atoms with Gasteiger partial charge in [-0.25, -0.2) is 14.4 Å². The molecule has 0 heterocycles. The molecule has 0 aromatic heterocycles. The molecule has 0 spiro atoms. The highest BCUT2D eigenvalue weighted by Crippen LogP contribution is 2.26. The van der Waals surface area contributed by atoms with E-state index in [4.69, 9.17) is 9.57 Å². The number of carbonyl (C=O) groups excluding carboxylic acids is 3. The Balaban J connectivity index is 1.59. The number of rotatable bonds is 9. The van der Waals surface area contributed by atoms with E-state index in [2.05, 4.69) is 29.6 Å². The molecule has 0 radical (unpaired) electrons. The molecule has 41 heavy (non-hydrogen) atoms. The van der Waals surface area contributed by atoms with E-state index >= 15 is 0 Å². The predicted molar refractivity (Wildman–Crippen MR) is 156 cm³/mol. The fourth-order valence-electron chi connectivity index (χ4n) is 4.20. The third-order valence-electron chi connectivity index (χ3n) is 6.35. The highest BCUT2D eigenvalue weighted by atomic mass is 16.7. The van der Waals surface area contributed by atoms with Crippen molar-refractivity contribution < 1.29 is 29.1 Å². The number of esters is 1. The second-order valence-corrected chi connectivity index (χ2v) is 10.2. The number of amides is 2. The standard InChI is InChI=1S/C33H34N2O6/c1-22(2)20-35(41-31(37)23(3)36)33(39)34-30(32(38)40-21-24-9-5-4-6-10-24)27-16-13-26(14-17-27)29-18-15-25-11-7-8-12-28(25)19-29/h4-19,22-23,30,36H,20-21H2,1-3H3,(H,34,39). The highest BCUT2D eigenvalue weighted by Gasteiger charge is 2.29. The molecule has 0 aliphatic rings. The van der Waals surface area contributed by atoms with Crippen molar-refractivity contribution in [3.8, 4) is 11.1 Å². The summed E-state index contributed by atoms with van der Waals surface area (Å²) in [5.74, 6) is -1.72.